The van der Waals surface area contributed by atoms with Crippen molar-refractivity contribution in [1.29, 1.82) is 0 Å². The number of anilines is 1. The van der Waals surface area contributed by atoms with E-state index in [4.69, 9.17) is 23.2 Å². The first-order chi connectivity index (χ1) is 13.4. The SMILES string of the molecule is O=C(/C=C/c1ccc(Cl)cc1Cl)N(c1ccccc1)S(=O)(=O)c1ccccc1. The minimum atomic E-state index is -4.10. The summed E-state index contributed by atoms with van der Waals surface area (Å²) < 4.78 is 27.0. The molecule has 0 fully saturated rings. The number of sulfonamides is 1. The lowest BCUT2D eigenvalue weighted by atomic mass is 10.2. The van der Waals surface area contributed by atoms with Crippen molar-refractivity contribution in [2.24, 2.45) is 0 Å². The zero-order valence-electron chi connectivity index (χ0n) is 14.5. The van der Waals surface area contributed by atoms with E-state index < -0.39 is 15.9 Å². The average Bonchev–Trinajstić information content (AvgIpc) is 2.69. The molecule has 0 unspecified atom stereocenters. The fraction of sp³-hybridized carbons (Fsp3) is 0. The Kier molecular flexibility index (Phi) is 6.19. The van der Waals surface area contributed by atoms with E-state index >= 15 is 0 Å². The van der Waals surface area contributed by atoms with Crippen molar-refractivity contribution < 1.29 is 13.2 Å². The van der Waals surface area contributed by atoms with Crippen LogP contribution in [0.1, 0.15) is 5.56 Å². The van der Waals surface area contributed by atoms with Crippen LogP contribution < -0.4 is 4.31 Å². The number of carbonyl (C=O) groups is 1. The molecule has 0 atom stereocenters. The van der Waals surface area contributed by atoms with Crippen molar-refractivity contribution in [3.63, 3.8) is 0 Å². The molecule has 0 saturated carbocycles. The topological polar surface area (TPSA) is 54.5 Å². The molecular weight excluding hydrogens is 417 g/mol. The van der Waals surface area contributed by atoms with Gasteiger partial charge in [-0.3, -0.25) is 4.79 Å². The highest BCUT2D eigenvalue weighted by Gasteiger charge is 2.29. The second-order valence-electron chi connectivity index (χ2n) is 5.76. The van der Waals surface area contributed by atoms with E-state index in [-0.39, 0.29) is 10.6 Å². The van der Waals surface area contributed by atoms with Gasteiger partial charge in [-0.15, -0.1) is 0 Å². The zero-order chi connectivity index (χ0) is 20.1. The van der Waals surface area contributed by atoms with Gasteiger partial charge in [0.15, 0.2) is 0 Å². The highest BCUT2D eigenvalue weighted by Crippen LogP contribution is 2.25. The number of carbonyl (C=O) groups excluding carboxylic acids is 1. The number of halogens is 2. The smallest absolute Gasteiger partial charge is 0.268 e. The summed E-state index contributed by atoms with van der Waals surface area (Å²) in [6.45, 7) is 0. The molecule has 28 heavy (non-hydrogen) atoms. The predicted molar refractivity (Wildman–Crippen MR) is 113 cm³/mol. The van der Waals surface area contributed by atoms with Gasteiger partial charge < -0.3 is 0 Å². The molecule has 0 aromatic heterocycles. The Morgan fingerprint density at radius 2 is 1.46 bits per heavy atom. The van der Waals surface area contributed by atoms with Crippen LogP contribution in [0.3, 0.4) is 0 Å². The Bertz CT molecular complexity index is 1110. The Hall–Kier alpha value is -2.60. The summed E-state index contributed by atoms with van der Waals surface area (Å²) in [6.07, 6.45) is 2.63. The van der Waals surface area contributed by atoms with Crippen molar-refractivity contribution in [3.05, 3.63) is 101 Å². The van der Waals surface area contributed by atoms with Gasteiger partial charge in [0.1, 0.15) is 0 Å². The summed E-state index contributed by atoms with van der Waals surface area (Å²) in [6, 6.07) is 20.8. The van der Waals surface area contributed by atoms with Crippen LogP contribution >= 0.6 is 23.2 Å². The van der Waals surface area contributed by atoms with Crippen molar-refractivity contribution in [2.45, 2.75) is 4.90 Å². The molecule has 0 radical (unpaired) electrons. The lowest BCUT2D eigenvalue weighted by Crippen LogP contribution is -2.35. The summed E-state index contributed by atoms with van der Waals surface area (Å²) in [5, 5.41) is 0.819. The maximum Gasteiger partial charge on any atom is 0.271 e. The molecule has 0 saturated heterocycles. The number of para-hydroxylation sites is 1. The molecule has 1 amide bonds. The van der Waals surface area contributed by atoms with Gasteiger partial charge in [-0.05, 0) is 48.0 Å². The maximum absolute atomic E-state index is 13.1. The number of hydrogen-bond donors (Lipinski definition) is 0. The number of amides is 1. The van der Waals surface area contributed by atoms with Crippen LogP contribution in [0.25, 0.3) is 6.08 Å². The molecule has 4 nitrogen and oxygen atoms in total. The minimum Gasteiger partial charge on any atom is -0.268 e. The summed E-state index contributed by atoms with van der Waals surface area (Å²) in [4.78, 5) is 12.9. The number of nitrogens with zero attached hydrogens (tertiary/aromatic N) is 1. The molecular formula is C21H15Cl2NO3S. The van der Waals surface area contributed by atoms with Gasteiger partial charge >= 0.3 is 0 Å². The van der Waals surface area contributed by atoms with Gasteiger partial charge in [0.25, 0.3) is 15.9 Å². The van der Waals surface area contributed by atoms with Crippen molar-refractivity contribution in [2.75, 3.05) is 4.31 Å². The molecule has 0 bridgehead atoms. The first kappa shape index (κ1) is 20.1. The van der Waals surface area contributed by atoms with Gasteiger partial charge in [-0.25, -0.2) is 8.42 Å². The van der Waals surface area contributed by atoms with E-state index in [9.17, 15) is 13.2 Å². The van der Waals surface area contributed by atoms with Gasteiger partial charge in [0.2, 0.25) is 0 Å². The highest BCUT2D eigenvalue weighted by atomic mass is 35.5. The maximum atomic E-state index is 13.1. The Morgan fingerprint density at radius 3 is 2.07 bits per heavy atom. The second-order valence-corrected chi connectivity index (χ2v) is 8.39. The second kappa shape index (κ2) is 8.61. The zero-order valence-corrected chi connectivity index (χ0v) is 16.8. The standard InChI is InChI=1S/C21H15Cl2NO3S/c22-17-13-11-16(20(23)15-17)12-14-21(25)24(18-7-3-1-4-8-18)28(26,27)19-9-5-2-6-10-19/h1-15H/b14-12+. The molecule has 0 aliphatic carbocycles. The third-order valence-corrected chi connectivity index (χ3v) is 6.14. The van der Waals surface area contributed by atoms with E-state index in [1.165, 1.54) is 24.3 Å². The Morgan fingerprint density at radius 1 is 0.857 bits per heavy atom. The monoisotopic (exact) mass is 431 g/mol. The van der Waals surface area contributed by atoms with Crippen LogP contribution in [0, 0.1) is 0 Å². The van der Waals surface area contributed by atoms with E-state index in [2.05, 4.69) is 0 Å². The van der Waals surface area contributed by atoms with Crippen LogP contribution in [0.5, 0.6) is 0 Å². The molecule has 0 aliphatic heterocycles. The van der Waals surface area contributed by atoms with E-state index in [0.717, 1.165) is 4.31 Å². The van der Waals surface area contributed by atoms with Gasteiger partial charge in [0, 0.05) is 16.1 Å². The molecule has 0 heterocycles. The van der Waals surface area contributed by atoms with Crippen molar-refractivity contribution >= 4 is 50.9 Å². The van der Waals surface area contributed by atoms with Crippen LogP contribution in [-0.4, -0.2) is 14.3 Å². The lowest BCUT2D eigenvalue weighted by molar-refractivity contribution is -0.113. The highest BCUT2D eigenvalue weighted by molar-refractivity contribution is 7.93. The van der Waals surface area contributed by atoms with Gasteiger partial charge in [-0.2, -0.15) is 4.31 Å². The minimum absolute atomic E-state index is 0.0186. The molecule has 3 aromatic carbocycles. The lowest BCUT2D eigenvalue weighted by Gasteiger charge is -2.21. The average molecular weight is 432 g/mol. The normalized spacial score (nSPS) is 11.5. The number of benzene rings is 3. The third kappa shape index (κ3) is 4.44. The summed E-state index contributed by atoms with van der Waals surface area (Å²) in [5.41, 5.74) is 0.785. The largest absolute Gasteiger partial charge is 0.271 e. The van der Waals surface area contributed by atoms with E-state index in [1.54, 1.807) is 66.7 Å². The molecule has 0 aliphatic rings. The van der Waals surface area contributed by atoms with Crippen LogP contribution in [-0.2, 0) is 14.8 Å². The van der Waals surface area contributed by atoms with Crippen LogP contribution in [0.15, 0.2) is 89.8 Å². The summed E-state index contributed by atoms with van der Waals surface area (Å²) in [5.74, 6) is -0.721. The molecule has 142 valence electrons. The molecule has 7 heteroatoms. The summed E-state index contributed by atoms with van der Waals surface area (Å²) >= 11 is 12.0. The summed E-state index contributed by atoms with van der Waals surface area (Å²) in [7, 11) is -4.10. The van der Waals surface area contributed by atoms with Crippen LogP contribution in [0.4, 0.5) is 5.69 Å². The predicted octanol–water partition coefficient (Wildman–Crippen LogP) is 5.43. The Balaban J connectivity index is 2.02. The molecule has 0 N–H and O–H groups in total. The number of hydrogen-bond acceptors (Lipinski definition) is 3. The molecule has 0 spiro atoms. The van der Waals surface area contributed by atoms with Crippen molar-refractivity contribution in [1.82, 2.24) is 0 Å². The van der Waals surface area contributed by atoms with Gasteiger partial charge in [-0.1, -0.05) is 65.7 Å². The van der Waals surface area contributed by atoms with Gasteiger partial charge in [0.05, 0.1) is 10.6 Å². The first-order valence-electron chi connectivity index (χ1n) is 8.22. The van der Waals surface area contributed by atoms with E-state index in [1.807, 2.05) is 0 Å². The first-order valence-corrected chi connectivity index (χ1v) is 10.4. The van der Waals surface area contributed by atoms with Crippen molar-refractivity contribution in [3.8, 4) is 0 Å². The fourth-order valence-electron chi connectivity index (χ4n) is 2.51. The third-order valence-electron chi connectivity index (χ3n) is 3.84. The fourth-order valence-corrected chi connectivity index (χ4v) is 4.39. The molecule has 3 rings (SSSR count). The quantitative estimate of drug-likeness (QED) is 0.506. The van der Waals surface area contributed by atoms with E-state index in [0.29, 0.717) is 15.6 Å². The Labute approximate surface area is 173 Å². The number of rotatable bonds is 5. The molecule has 3 aromatic rings. The van der Waals surface area contributed by atoms with Crippen LogP contribution in [0.2, 0.25) is 10.0 Å².